The third kappa shape index (κ3) is 3.51. The molecule has 1 aromatic carbocycles. The van der Waals surface area contributed by atoms with Gasteiger partial charge in [0.15, 0.2) is 0 Å². The van der Waals surface area contributed by atoms with E-state index in [-0.39, 0.29) is 5.91 Å². The molecule has 26 heavy (non-hydrogen) atoms. The number of piperidine rings is 1. The highest BCUT2D eigenvalue weighted by Gasteiger charge is 2.26. The zero-order valence-corrected chi connectivity index (χ0v) is 15.9. The van der Waals surface area contributed by atoms with Crippen molar-refractivity contribution in [3.8, 4) is 0 Å². The number of imidazole rings is 1. The van der Waals surface area contributed by atoms with E-state index in [9.17, 15) is 4.79 Å². The molecule has 0 aliphatic carbocycles. The van der Waals surface area contributed by atoms with E-state index in [2.05, 4.69) is 34.7 Å². The van der Waals surface area contributed by atoms with Crippen LogP contribution in [-0.4, -0.2) is 38.4 Å². The molecule has 0 bridgehead atoms. The van der Waals surface area contributed by atoms with Gasteiger partial charge in [-0.3, -0.25) is 4.79 Å². The Morgan fingerprint density at radius 1 is 1.35 bits per heavy atom. The van der Waals surface area contributed by atoms with Crippen molar-refractivity contribution in [3.63, 3.8) is 0 Å². The number of rotatable bonds is 5. The number of amides is 1. The van der Waals surface area contributed by atoms with E-state index in [1.54, 1.807) is 11.3 Å². The Bertz CT molecular complexity index is 867. The number of benzene rings is 1. The van der Waals surface area contributed by atoms with Crippen LogP contribution in [0.3, 0.4) is 0 Å². The molecule has 1 aliphatic rings. The monoisotopic (exact) mass is 368 g/mol. The summed E-state index contributed by atoms with van der Waals surface area (Å²) in [6.07, 6.45) is 7.38. The highest BCUT2D eigenvalue weighted by molar-refractivity contribution is 7.18. The number of fused-ring (bicyclic) bond motifs is 1. The molecule has 1 atom stereocenters. The van der Waals surface area contributed by atoms with Crippen LogP contribution in [0.5, 0.6) is 0 Å². The molecule has 0 saturated carbocycles. The van der Waals surface area contributed by atoms with E-state index >= 15 is 0 Å². The van der Waals surface area contributed by atoms with Crippen LogP contribution < -0.4 is 0 Å². The number of hydrogen-bond acceptors (Lipinski definition) is 4. The van der Waals surface area contributed by atoms with Crippen molar-refractivity contribution >= 4 is 27.5 Å². The van der Waals surface area contributed by atoms with Crippen molar-refractivity contribution in [2.75, 3.05) is 13.1 Å². The molecule has 3 aromatic rings. The standard InChI is InChI=1S/C20H24N4OS/c1-2-18-21-10-13-23(18)12-9-19(25)24-11-5-6-15(14-24)20-22-16-7-3-4-8-17(16)26-20/h3-4,7-8,10,13,15H,2,5-6,9,11-12,14H2,1H3. The maximum Gasteiger partial charge on any atom is 0.224 e. The van der Waals surface area contributed by atoms with Crippen LogP contribution in [-0.2, 0) is 17.8 Å². The second-order valence-electron chi connectivity index (χ2n) is 6.84. The minimum Gasteiger partial charge on any atom is -0.342 e. The molecule has 3 heterocycles. The largest absolute Gasteiger partial charge is 0.342 e. The normalized spacial score (nSPS) is 17.7. The first kappa shape index (κ1) is 17.2. The van der Waals surface area contributed by atoms with E-state index in [4.69, 9.17) is 4.98 Å². The molecular formula is C20H24N4OS. The van der Waals surface area contributed by atoms with Crippen LogP contribution in [0.1, 0.15) is 42.9 Å². The number of likely N-dealkylation sites (tertiary alicyclic amines) is 1. The fourth-order valence-electron chi connectivity index (χ4n) is 3.70. The third-order valence-corrected chi connectivity index (χ3v) is 6.32. The van der Waals surface area contributed by atoms with Gasteiger partial charge in [-0.25, -0.2) is 9.97 Å². The first-order valence-electron chi connectivity index (χ1n) is 9.38. The van der Waals surface area contributed by atoms with Crippen LogP contribution in [0.2, 0.25) is 0 Å². The Kier molecular flexibility index (Phi) is 5.02. The van der Waals surface area contributed by atoms with Gasteiger partial charge in [0.1, 0.15) is 5.82 Å². The predicted molar refractivity (Wildman–Crippen MR) is 104 cm³/mol. The Hall–Kier alpha value is -2.21. The quantitative estimate of drug-likeness (QED) is 0.687. The topological polar surface area (TPSA) is 51.0 Å². The Morgan fingerprint density at radius 2 is 2.23 bits per heavy atom. The molecule has 0 N–H and O–H groups in total. The van der Waals surface area contributed by atoms with Gasteiger partial charge in [0.25, 0.3) is 0 Å². The number of hydrogen-bond donors (Lipinski definition) is 0. The lowest BCUT2D eigenvalue weighted by atomic mass is 9.98. The van der Waals surface area contributed by atoms with Gasteiger partial charge >= 0.3 is 0 Å². The molecule has 1 amide bonds. The van der Waals surface area contributed by atoms with Crippen LogP contribution in [0.25, 0.3) is 10.2 Å². The lowest BCUT2D eigenvalue weighted by Gasteiger charge is -2.32. The molecule has 1 saturated heterocycles. The van der Waals surface area contributed by atoms with Crippen molar-refractivity contribution in [2.45, 2.75) is 45.1 Å². The summed E-state index contributed by atoms with van der Waals surface area (Å²) < 4.78 is 3.32. The minimum absolute atomic E-state index is 0.242. The van der Waals surface area contributed by atoms with Crippen molar-refractivity contribution in [1.29, 1.82) is 0 Å². The Morgan fingerprint density at radius 3 is 3.08 bits per heavy atom. The third-order valence-electron chi connectivity index (χ3n) is 5.12. The number of carbonyl (C=O) groups excluding carboxylic acids is 1. The van der Waals surface area contributed by atoms with Crippen molar-refractivity contribution in [3.05, 3.63) is 47.5 Å². The van der Waals surface area contributed by atoms with Gasteiger partial charge in [0, 0.05) is 50.8 Å². The fourth-order valence-corrected chi connectivity index (χ4v) is 4.80. The van der Waals surface area contributed by atoms with Crippen LogP contribution >= 0.6 is 11.3 Å². The molecular weight excluding hydrogens is 344 g/mol. The van der Waals surface area contributed by atoms with Gasteiger partial charge < -0.3 is 9.47 Å². The highest BCUT2D eigenvalue weighted by Crippen LogP contribution is 2.33. The van der Waals surface area contributed by atoms with E-state index in [1.807, 2.05) is 23.4 Å². The van der Waals surface area contributed by atoms with Gasteiger partial charge in [-0.2, -0.15) is 0 Å². The molecule has 1 fully saturated rings. The fraction of sp³-hybridized carbons (Fsp3) is 0.450. The average molecular weight is 369 g/mol. The molecule has 1 unspecified atom stereocenters. The maximum absolute atomic E-state index is 12.7. The van der Waals surface area contributed by atoms with E-state index in [0.717, 1.165) is 43.7 Å². The lowest BCUT2D eigenvalue weighted by Crippen LogP contribution is -2.39. The van der Waals surface area contributed by atoms with Gasteiger partial charge in [0.2, 0.25) is 5.91 Å². The van der Waals surface area contributed by atoms with Gasteiger partial charge in [-0.05, 0) is 25.0 Å². The van der Waals surface area contributed by atoms with E-state index in [0.29, 0.717) is 18.9 Å². The van der Waals surface area contributed by atoms with Gasteiger partial charge in [0.05, 0.1) is 15.2 Å². The van der Waals surface area contributed by atoms with Gasteiger partial charge in [-0.1, -0.05) is 19.1 Å². The molecule has 2 aromatic heterocycles. The summed E-state index contributed by atoms with van der Waals surface area (Å²) in [6, 6.07) is 8.28. The summed E-state index contributed by atoms with van der Waals surface area (Å²) in [6.45, 7) is 4.46. The summed E-state index contributed by atoms with van der Waals surface area (Å²) >= 11 is 1.77. The number of aromatic nitrogens is 3. The highest BCUT2D eigenvalue weighted by atomic mass is 32.1. The second-order valence-corrected chi connectivity index (χ2v) is 7.90. The molecule has 136 valence electrons. The molecule has 0 spiro atoms. The van der Waals surface area contributed by atoms with Crippen LogP contribution in [0, 0.1) is 0 Å². The zero-order valence-electron chi connectivity index (χ0n) is 15.1. The summed E-state index contributed by atoms with van der Waals surface area (Å²) in [5, 5.41) is 1.17. The van der Waals surface area contributed by atoms with Crippen LogP contribution in [0.15, 0.2) is 36.7 Å². The van der Waals surface area contributed by atoms with E-state index in [1.165, 1.54) is 9.71 Å². The zero-order chi connectivity index (χ0) is 17.9. The summed E-state index contributed by atoms with van der Waals surface area (Å²) in [7, 11) is 0. The smallest absolute Gasteiger partial charge is 0.224 e. The van der Waals surface area contributed by atoms with Crippen molar-refractivity contribution in [1.82, 2.24) is 19.4 Å². The summed E-state index contributed by atoms with van der Waals surface area (Å²) in [5.41, 5.74) is 1.07. The Balaban J connectivity index is 1.40. The minimum atomic E-state index is 0.242. The van der Waals surface area contributed by atoms with E-state index < -0.39 is 0 Å². The van der Waals surface area contributed by atoms with Crippen LogP contribution in [0.4, 0.5) is 0 Å². The number of thiazole rings is 1. The lowest BCUT2D eigenvalue weighted by molar-refractivity contribution is -0.132. The maximum atomic E-state index is 12.7. The predicted octanol–water partition coefficient (Wildman–Crippen LogP) is 3.85. The number of aryl methyl sites for hydroxylation is 2. The van der Waals surface area contributed by atoms with Crippen molar-refractivity contribution in [2.24, 2.45) is 0 Å². The summed E-state index contributed by atoms with van der Waals surface area (Å²) in [5.74, 6) is 1.65. The first-order chi connectivity index (χ1) is 12.7. The van der Waals surface area contributed by atoms with Crippen molar-refractivity contribution < 1.29 is 4.79 Å². The van der Waals surface area contributed by atoms with Gasteiger partial charge in [-0.15, -0.1) is 11.3 Å². The second kappa shape index (κ2) is 7.58. The number of para-hydroxylation sites is 1. The number of carbonyl (C=O) groups is 1. The Labute approximate surface area is 157 Å². The molecule has 5 nitrogen and oxygen atoms in total. The molecule has 4 rings (SSSR count). The summed E-state index contributed by atoms with van der Waals surface area (Å²) in [4.78, 5) is 23.9. The molecule has 0 radical (unpaired) electrons. The SMILES string of the molecule is CCc1nccn1CCC(=O)N1CCCC(c2nc3ccccc3s2)C1. The molecule has 1 aliphatic heterocycles. The number of nitrogens with zero attached hydrogens (tertiary/aromatic N) is 4. The molecule has 6 heteroatoms. The first-order valence-corrected chi connectivity index (χ1v) is 10.2. The average Bonchev–Trinajstić information content (AvgIpc) is 3.32.